The van der Waals surface area contributed by atoms with Crippen LogP contribution >= 0.6 is 0 Å². The zero-order valence-corrected chi connectivity index (χ0v) is 51.3. The SMILES string of the molecule is CC/C=C\C/C=C\C/C=C\C/C=C\CCCCCCCCCCCCCCCCCCCCCCC(=O)NC(CO)C(O)/C=C/CC/C=C/CCCCCCCCCCCCCCCCCCCCCCCCCCC. The molecular weight excluding hydrogens is 927 g/mol. The molecule has 0 spiro atoms. The van der Waals surface area contributed by atoms with Crippen LogP contribution < -0.4 is 5.32 Å². The molecule has 4 nitrogen and oxygen atoms in total. The Morgan fingerprint density at radius 2 is 0.592 bits per heavy atom. The highest BCUT2D eigenvalue weighted by Gasteiger charge is 2.18. The first-order chi connectivity index (χ1) is 37.7. The zero-order chi connectivity index (χ0) is 54.8. The van der Waals surface area contributed by atoms with E-state index in [1.165, 1.54) is 283 Å². The van der Waals surface area contributed by atoms with E-state index in [0.717, 1.165) is 57.8 Å². The molecule has 76 heavy (non-hydrogen) atoms. The monoisotopic (exact) mass is 1060 g/mol. The first kappa shape index (κ1) is 73.8. The van der Waals surface area contributed by atoms with Gasteiger partial charge in [-0.1, -0.05) is 356 Å². The number of rotatable bonds is 63. The van der Waals surface area contributed by atoms with Gasteiger partial charge in [0, 0.05) is 6.42 Å². The van der Waals surface area contributed by atoms with Crippen molar-refractivity contribution >= 4 is 5.91 Å². The lowest BCUT2D eigenvalue weighted by Gasteiger charge is -2.19. The summed E-state index contributed by atoms with van der Waals surface area (Å²) in [6, 6.07) is -0.642. The topological polar surface area (TPSA) is 69.6 Å². The van der Waals surface area contributed by atoms with E-state index < -0.39 is 12.1 Å². The first-order valence-electron chi connectivity index (χ1n) is 34.2. The molecule has 0 aromatic rings. The molecule has 0 aliphatic heterocycles. The van der Waals surface area contributed by atoms with Crippen LogP contribution in [0.5, 0.6) is 0 Å². The molecule has 3 N–H and O–H groups in total. The molecule has 0 aromatic heterocycles. The molecular formula is C72H133NO3. The van der Waals surface area contributed by atoms with E-state index in [9.17, 15) is 15.0 Å². The minimum absolute atomic E-state index is 0.0688. The average Bonchev–Trinajstić information content (AvgIpc) is 3.42. The summed E-state index contributed by atoms with van der Waals surface area (Å²) in [7, 11) is 0. The van der Waals surface area contributed by atoms with Crippen LogP contribution in [0.2, 0.25) is 0 Å². The minimum Gasteiger partial charge on any atom is -0.394 e. The first-order valence-corrected chi connectivity index (χ1v) is 34.2. The van der Waals surface area contributed by atoms with Gasteiger partial charge in [0.05, 0.1) is 18.8 Å². The van der Waals surface area contributed by atoms with Crippen molar-refractivity contribution in [1.82, 2.24) is 5.32 Å². The van der Waals surface area contributed by atoms with Gasteiger partial charge in [-0.2, -0.15) is 0 Å². The maximum absolute atomic E-state index is 12.5. The van der Waals surface area contributed by atoms with Gasteiger partial charge >= 0.3 is 0 Å². The van der Waals surface area contributed by atoms with Crippen molar-refractivity contribution < 1.29 is 15.0 Å². The number of allylic oxidation sites excluding steroid dienone is 11. The van der Waals surface area contributed by atoms with E-state index in [4.69, 9.17) is 0 Å². The molecule has 0 fully saturated rings. The Kier molecular flexibility index (Phi) is 65.2. The highest BCUT2D eigenvalue weighted by molar-refractivity contribution is 5.76. The lowest BCUT2D eigenvalue weighted by molar-refractivity contribution is -0.123. The van der Waals surface area contributed by atoms with Gasteiger partial charge in [0.25, 0.3) is 0 Å². The van der Waals surface area contributed by atoms with Gasteiger partial charge in [0.1, 0.15) is 0 Å². The smallest absolute Gasteiger partial charge is 0.220 e. The third-order valence-electron chi connectivity index (χ3n) is 15.7. The molecule has 0 rings (SSSR count). The number of aliphatic hydroxyl groups is 2. The number of unbranched alkanes of at least 4 members (excludes halogenated alkanes) is 46. The molecule has 0 saturated carbocycles. The fourth-order valence-corrected chi connectivity index (χ4v) is 10.5. The van der Waals surface area contributed by atoms with Crippen LogP contribution in [-0.2, 0) is 4.79 Å². The Hall–Kier alpha value is -2.17. The van der Waals surface area contributed by atoms with E-state index in [2.05, 4.69) is 79.9 Å². The number of aliphatic hydroxyl groups excluding tert-OH is 2. The van der Waals surface area contributed by atoms with Crippen molar-refractivity contribution in [3.63, 3.8) is 0 Å². The predicted octanol–water partition coefficient (Wildman–Crippen LogP) is 23.3. The lowest BCUT2D eigenvalue weighted by Crippen LogP contribution is -2.45. The lowest BCUT2D eigenvalue weighted by atomic mass is 10.0. The van der Waals surface area contributed by atoms with Crippen LogP contribution in [0.15, 0.2) is 72.9 Å². The highest BCUT2D eigenvalue weighted by atomic mass is 16.3. The van der Waals surface area contributed by atoms with E-state index in [-0.39, 0.29) is 12.5 Å². The van der Waals surface area contributed by atoms with E-state index in [1.807, 2.05) is 6.08 Å². The van der Waals surface area contributed by atoms with Crippen molar-refractivity contribution in [1.29, 1.82) is 0 Å². The van der Waals surface area contributed by atoms with Crippen molar-refractivity contribution in [3.05, 3.63) is 72.9 Å². The summed E-state index contributed by atoms with van der Waals surface area (Å²) >= 11 is 0. The second-order valence-electron chi connectivity index (χ2n) is 23.2. The van der Waals surface area contributed by atoms with Crippen LogP contribution in [0.25, 0.3) is 0 Å². The number of amides is 1. The molecule has 2 atom stereocenters. The number of carbonyl (C=O) groups excluding carboxylic acids is 1. The summed E-state index contributed by atoms with van der Waals surface area (Å²) in [5, 5.41) is 23.3. The summed E-state index contributed by atoms with van der Waals surface area (Å²) < 4.78 is 0. The number of hydrogen-bond donors (Lipinski definition) is 3. The Labute approximate surface area is 476 Å². The molecule has 2 unspecified atom stereocenters. The van der Waals surface area contributed by atoms with E-state index in [0.29, 0.717) is 6.42 Å². The van der Waals surface area contributed by atoms with Crippen molar-refractivity contribution in [2.24, 2.45) is 0 Å². The van der Waals surface area contributed by atoms with Gasteiger partial charge in [-0.3, -0.25) is 4.79 Å². The van der Waals surface area contributed by atoms with Crippen LogP contribution in [0, 0.1) is 0 Å². The highest BCUT2D eigenvalue weighted by Crippen LogP contribution is 2.18. The summed E-state index contributed by atoms with van der Waals surface area (Å²) in [6.45, 7) is 4.22. The normalized spacial score (nSPS) is 13.2. The van der Waals surface area contributed by atoms with E-state index in [1.54, 1.807) is 6.08 Å². The molecule has 0 heterocycles. The Bertz CT molecular complexity index is 1290. The Morgan fingerprint density at radius 1 is 0.329 bits per heavy atom. The Balaban J connectivity index is 3.47. The van der Waals surface area contributed by atoms with Gasteiger partial charge in [-0.05, 0) is 70.6 Å². The quantitative estimate of drug-likeness (QED) is 0.0420. The van der Waals surface area contributed by atoms with Crippen molar-refractivity contribution in [3.8, 4) is 0 Å². The molecule has 0 saturated heterocycles. The summed E-state index contributed by atoms with van der Waals surface area (Å²) in [4.78, 5) is 12.5. The van der Waals surface area contributed by atoms with Crippen LogP contribution in [-0.4, -0.2) is 34.9 Å². The van der Waals surface area contributed by atoms with Crippen LogP contribution in [0.3, 0.4) is 0 Å². The number of hydrogen-bond acceptors (Lipinski definition) is 3. The summed E-state index contributed by atoms with van der Waals surface area (Å²) in [6.07, 6.45) is 97.0. The second kappa shape index (κ2) is 67.1. The largest absolute Gasteiger partial charge is 0.394 e. The fourth-order valence-electron chi connectivity index (χ4n) is 10.5. The van der Waals surface area contributed by atoms with Gasteiger partial charge < -0.3 is 15.5 Å². The fraction of sp³-hybridized carbons (Fsp3) is 0.819. The van der Waals surface area contributed by atoms with Crippen molar-refractivity contribution in [2.75, 3.05) is 6.61 Å². The van der Waals surface area contributed by atoms with Gasteiger partial charge in [-0.25, -0.2) is 0 Å². The van der Waals surface area contributed by atoms with Gasteiger partial charge in [0.2, 0.25) is 5.91 Å². The Morgan fingerprint density at radius 3 is 0.921 bits per heavy atom. The molecule has 444 valence electrons. The molecule has 0 bridgehead atoms. The third kappa shape index (κ3) is 62.7. The molecule has 0 aliphatic carbocycles. The third-order valence-corrected chi connectivity index (χ3v) is 15.7. The summed E-state index contributed by atoms with van der Waals surface area (Å²) in [5.41, 5.74) is 0. The molecule has 4 heteroatoms. The molecule has 1 amide bonds. The van der Waals surface area contributed by atoms with Crippen molar-refractivity contribution in [2.45, 2.75) is 373 Å². The molecule has 0 aliphatic rings. The van der Waals surface area contributed by atoms with Gasteiger partial charge in [-0.15, -0.1) is 0 Å². The number of carbonyl (C=O) groups is 1. The maximum Gasteiger partial charge on any atom is 0.220 e. The van der Waals surface area contributed by atoms with Gasteiger partial charge in [0.15, 0.2) is 0 Å². The predicted molar refractivity (Wildman–Crippen MR) is 341 cm³/mol. The number of nitrogens with one attached hydrogen (secondary N) is 1. The minimum atomic E-state index is -0.865. The van der Waals surface area contributed by atoms with Crippen LogP contribution in [0.1, 0.15) is 361 Å². The van der Waals surface area contributed by atoms with Crippen LogP contribution in [0.4, 0.5) is 0 Å². The standard InChI is InChI=1S/C72H133NO3/c1-3-5-7-9-11-13-15-17-19-21-23-25-27-29-31-33-35-36-38-40-42-44-46-48-50-52-54-56-58-60-62-64-66-68-72(76)73-70(69-74)71(75)67-65-63-61-59-57-55-53-51-49-47-45-43-41-39-37-34-32-30-28-26-24-22-20-18-16-14-12-10-8-6-4-2/h5,7,11,13,17,19,23,25,57,59,65,67,70-71,74-75H,3-4,6,8-10,12,14-16,18,20-22,24,26-56,58,60-64,66,68-69H2,1-2H3,(H,73,76)/b7-5-,13-11-,19-17-,25-23-,59-57+,67-65+. The second-order valence-corrected chi connectivity index (χ2v) is 23.2. The molecule has 0 radical (unpaired) electrons. The average molecular weight is 1060 g/mol. The summed E-state index contributed by atoms with van der Waals surface area (Å²) in [5.74, 6) is -0.0688. The zero-order valence-electron chi connectivity index (χ0n) is 51.3. The maximum atomic E-state index is 12.5. The van der Waals surface area contributed by atoms with E-state index >= 15 is 0 Å². The molecule has 0 aromatic carbocycles.